The van der Waals surface area contributed by atoms with Crippen LogP contribution in [-0.2, 0) is 9.53 Å². The van der Waals surface area contributed by atoms with Gasteiger partial charge in [0.15, 0.2) is 0 Å². The molecular weight excluding hydrogens is 195 g/mol. The minimum Gasteiger partial charge on any atom is -0.428 e. The number of esters is 1. The maximum atomic E-state index is 13.1. The van der Waals surface area contributed by atoms with Crippen molar-refractivity contribution in [2.45, 2.75) is 59.2 Å². The lowest BCUT2D eigenvalue weighted by molar-refractivity contribution is -0.153. The Morgan fingerprint density at radius 1 is 1.40 bits per heavy atom. The number of carbonyl (C=O) groups excluding carboxylic acids is 1. The number of ether oxygens (including phenoxy) is 1. The molecule has 0 rings (SSSR count). The van der Waals surface area contributed by atoms with Crippen LogP contribution in [-0.4, -0.2) is 12.3 Å². The molecule has 2 nitrogen and oxygen atoms in total. The third-order valence-electron chi connectivity index (χ3n) is 2.10. The number of alkyl halides is 1. The first-order chi connectivity index (χ1) is 7.11. The number of carbonyl (C=O) groups is 1. The molecule has 3 heteroatoms. The summed E-state index contributed by atoms with van der Waals surface area (Å²) in [6.45, 7) is 5.61. The fraction of sp³-hybridized carbons (Fsp3) is 0.750. The average molecular weight is 216 g/mol. The smallest absolute Gasteiger partial charge is 0.335 e. The Kier molecular flexibility index (Phi) is 7.96. The van der Waals surface area contributed by atoms with Gasteiger partial charge in [-0.15, -0.1) is 0 Å². The molecule has 1 unspecified atom stereocenters. The van der Waals surface area contributed by atoms with Crippen molar-refractivity contribution in [3.05, 3.63) is 11.6 Å². The fourth-order valence-corrected chi connectivity index (χ4v) is 1.21. The minimum atomic E-state index is -1.45. The number of hydrogen-bond acceptors (Lipinski definition) is 2. The molecule has 0 aromatic rings. The zero-order valence-electron chi connectivity index (χ0n) is 9.88. The Morgan fingerprint density at radius 3 is 2.60 bits per heavy atom. The first-order valence-corrected chi connectivity index (χ1v) is 5.63. The van der Waals surface area contributed by atoms with Gasteiger partial charge in [-0.05, 0) is 19.8 Å². The highest BCUT2D eigenvalue weighted by Gasteiger charge is 2.13. The van der Waals surface area contributed by atoms with Crippen LogP contribution in [0.5, 0.6) is 0 Å². The van der Waals surface area contributed by atoms with E-state index in [1.54, 1.807) is 13.0 Å². The molecular formula is C12H21FO2. The van der Waals surface area contributed by atoms with Gasteiger partial charge in [-0.2, -0.15) is 0 Å². The van der Waals surface area contributed by atoms with Gasteiger partial charge < -0.3 is 4.74 Å². The van der Waals surface area contributed by atoms with Crippen LogP contribution in [0.25, 0.3) is 0 Å². The number of halogens is 1. The molecule has 0 radical (unpaired) electrons. The third kappa shape index (κ3) is 7.11. The molecule has 0 aromatic carbocycles. The van der Waals surface area contributed by atoms with E-state index in [1.807, 2.05) is 13.8 Å². The lowest BCUT2D eigenvalue weighted by Crippen LogP contribution is -2.14. The van der Waals surface area contributed by atoms with Gasteiger partial charge in [-0.25, -0.2) is 9.18 Å². The molecule has 15 heavy (non-hydrogen) atoms. The van der Waals surface area contributed by atoms with Gasteiger partial charge in [-0.3, -0.25) is 0 Å². The first kappa shape index (κ1) is 14.1. The SMILES string of the molecule is CCC=C(C)C(=O)OC(F)CCCCC. The number of allylic oxidation sites excluding steroid dienone is 1. The Morgan fingerprint density at radius 2 is 2.07 bits per heavy atom. The summed E-state index contributed by atoms with van der Waals surface area (Å²) in [4.78, 5) is 11.2. The molecule has 0 aliphatic heterocycles. The van der Waals surface area contributed by atoms with Gasteiger partial charge in [0.25, 0.3) is 0 Å². The highest BCUT2D eigenvalue weighted by molar-refractivity contribution is 5.87. The van der Waals surface area contributed by atoms with Crippen molar-refractivity contribution in [2.24, 2.45) is 0 Å². The summed E-state index contributed by atoms with van der Waals surface area (Å²) in [5.74, 6) is -0.541. The fourth-order valence-electron chi connectivity index (χ4n) is 1.21. The second kappa shape index (κ2) is 8.45. The van der Waals surface area contributed by atoms with Crippen LogP contribution in [0.3, 0.4) is 0 Å². The molecule has 0 N–H and O–H groups in total. The van der Waals surface area contributed by atoms with E-state index in [1.165, 1.54) is 0 Å². The number of unbranched alkanes of at least 4 members (excludes halogenated alkanes) is 2. The van der Waals surface area contributed by atoms with Crippen molar-refractivity contribution in [3.8, 4) is 0 Å². The highest BCUT2D eigenvalue weighted by atomic mass is 19.1. The maximum absolute atomic E-state index is 13.1. The Balaban J connectivity index is 3.80. The van der Waals surface area contributed by atoms with Gasteiger partial charge in [-0.1, -0.05) is 32.8 Å². The van der Waals surface area contributed by atoms with Crippen molar-refractivity contribution < 1.29 is 13.9 Å². The van der Waals surface area contributed by atoms with Crippen molar-refractivity contribution in [3.63, 3.8) is 0 Å². The molecule has 0 fully saturated rings. The number of hydrogen-bond donors (Lipinski definition) is 0. The van der Waals surface area contributed by atoms with Crippen molar-refractivity contribution in [2.75, 3.05) is 0 Å². The quantitative estimate of drug-likeness (QED) is 0.368. The standard InChI is InChI=1S/C12H21FO2/c1-4-6-7-9-11(13)15-12(14)10(3)8-5-2/h8,11H,4-7,9H2,1-3H3. The predicted octanol–water partition coefficient (Wildman–Crippen LogP) is 3.76. The normalized spacial score (nSPS) is 13.7. The van der Waals surface area contributed by atoms with E-state index in [-0.39, 0.29) is 0 Å². The van der Waals surface area contributed by atoms with Crippen LogP contribution in [0.2, 0.25) is 0 Å². The second-order valence-electron chi connectivity index (χ2n) is 3.61. The van der Waals surface area contributed by atoms with Crippen molar-refractivity contribution in [1.82, 2.24) is 0 Å². The van der Waals surface area contributed by atoms with Crippen LogP contribution in [0.1, 0.15) is 52.9 Å². The maximum Gasteiger partial charge on any atom is 0.335 e. The van der Waals surface area contributed by atoms with Crippen molar-refractivity contribution >= 4 is 5.97 Å². The molecule has 1 atom stereocenters. The van der Waals surface area contributed by atoms with Gasteiger partial charge in [0.1, 0.15) is 0 Å². The monoisotopic (exact) mass is 216 g/mol. The average Bonchev–Trinajstić information content (AvgIpc) is 2.18. The van der Waals surface area contributed by atoms with Crippen LogP contribution in [0.15, 0.2) is 11.6 Å². The molecule has 0 amide bonds. The highest BCUT2D eigenvalue weighted by Crippen LogP contribution is 2.10. The summed E-state index contributed by atoms with van der Waals surface area (Å²) in [7, 11) is 0. The Hall–Kier alpha value is -0.860. The molecule has 88 valence electrons. The van der Waals surface area contributed by atoms with E-state index >= 15 is 0 Å². The molecule has 0 heterocycles. The summed E-state index contributed by atoms with van der Waals surface area (Å²) >= 11 is 0. The van der Waals surface area contributed by atoms with Crippen LogP contribution < -0.4 is 0 Å². The van der Waals surface area contributed by atoms with E-state index in [2.05, 4.69) is 4.74 Å². The molecule has 0 aliphatic rings. The summed E-state index contributed by atoms with van der Waals surface area (Å²) in [5.41, 5.74) is 0.482. The summed E-state index contributed by atoms with van der Waals surface area (Å²) in [5, 5.41) is 0. The summed E-state index contributed by atoms with van der Waals surface area (Å²) in [6.07, 6.45) is 4.12. The number of rotatable bonds is 7. The first-order valence-electron chi connectivity index (χ1n) is 5.63. The Labute approximate surface area is 91.5 Å². The molecule has 0 saturated carbocycles. The topological polar surface area (TPSA) is 26.3 Å². The second-order valence-corrected chi connectivity index (χ2v) is 3.61. The van der Waals surface area contributed by atoms with Crippen LogP contribution in [0.4, 0.5) is 4.39 Å². The summed E-state index contributed by atoms with van der Waals surface area (Å²) in [6, 6.07) is 0. The van der Waals surface area contributed by atoms with Crippen LogP contribution in [0, 0.1) is 0 Å². The molecule has 0 aliphatic carbocycles. The molecule has 0 bridgehead atoms. The zero-order chi connectivity index (χ0) is 11.7. The van der Waals surface area contributed by atoms with E-state index < -0.39 is 12.3 Å². The summed E-state index contributed by atoms with van der Waals surface area (Å²) < 4.78 is 17.7. The molecule has 0 aromatic heterocycles. The third-order valence-corrected chi connectivity index (χ3v) is 2.10. The minimum absolute atomic E-state index is 0.305. The van der Waals surface area contributed by atoms with Gasteiger partial charge >= 0.3 is 5.97 Å². The van der Waals surface area contributed by atoms with E-state index in [0.717, 1.165) is 25.7 Å². The zero-order valence-corrected chi connectivity index (χ0v) is 9.88. The van der Waals surface area contributed by atoms with Gasteiger partial charge in [0, 0.05) is 12.0 Å². The molecule has 0 spiro atoms. The molecule has 0 saturated heterocycles. The van der Waals surface area contributed by atoms with E-state index in [4.69, 9.17) is 0 Å². The predicted molar refractivity (Wildman–Crippen MR) is 59.2 cm³/mol. The van der Waals surface area contributed by atoms with Crippen LogP contribution >= 0.6 is 0 Å². The lowest BCUT2D eigenvalue weighted by Gasteiger charge is -2.09. The van der Waals surface area contributed by atoms with E-state index in [9.17, 15) is 9.18 Å². The van der Waals surface area contributed by atoms with E-state index in [0.29, 0.717) is 12.0 Å². The van der Waals surface area contributed by atoms with Crippen molar-refractivity contribution in [1.29, 1.82) is 0 Å². The van der Waals surface area contributed by atoms with Gasteiger partial charge in [0.2, 0.25) is 6.36 Å². The largest absolute Gasteiger partial charge is 0.428 e. The Bertz CT molecular complexity index is 212. The van der Waals surface area contributed by atoms with Gasteiger partial charge in [0.05, 0.1) is 0 Å². The lowest BCUT2D eigenvalue weighted by atomic mass is 10.2.